The summed E-state index contributed by atoms with van der Waals surface area (Å²) in [5.41, 5.74) is 0. The Balaban J connectivity index is 1.92. The molecular formula is C12H18N2O4. The number of nitrogens with zero attached hydrogens (tertiary/aromatic N) is 1. The van der Waals surface area contributed by atoms with E-state index in [1.54, 1.807) is 13.8 Å². The van der Waals surface area contributed by atoms with Crippen LogP contribution < -0.4 is 5.32 Å². The first-order valence-electron chi connectivity index (χ1n) is 6.33. The predicted molar refractivity (Wildman–Crippen MR) is 62.5 cm³/mol. The van der Waals surface area contributed by atoms with Crippen molar-refractivity contribution in [2.24, 2.45) is 0 Å². The molecule has 2 fully saturated rings. The fourth-order valence-corrected chi connectivity index (χ4v) is 2.13. The smallest absolute Gasteiger partial charge is 0.322 e. The summed E-state index contributed by atoms with van der Waals surface area (Å²) in [4.78, 5) is 36.5. The van der Waals surface area contributed by atoms with E-state index >= 15 is 0 Å². The largest absolute Gasteiger partial charge is 0.465 e. The monoisotopic (exact) mass is 254 g/mol. The van der Waals surface area contributed by atoms with Crippen LogP contribution in [-0.2, 0) is 19.1 Å². The van der Waals surface area contributed by atoms with E-state index in [0.29, 0.717) is 6.61 Å². The number of hydrogen-bond acceptors (Lipinski definition) is 5. The molecule has 1 N–H and O–H groups in total. The molecule has 1 saturated carbocycles. The lowest BCUT2D eigenvalue weighted by Gasteiger charge is -2.17. The maximum Gasteiger partial charge on any atom is 0.322 e. The molecule has 6 heteroatoms. The van der Waals surface area contributed by atoms with E-state index in [0.717, 1.165) is 12.8 Å². The second-order valence-corrected chi connectivity index (χ2v) is 4.73. The summed E-state index contributed by atoms with van der Waals surface area (Å²) in [6, 6.07) is -1.07. The summed E-state index contributed by atoms with van der Waals surface area (Å²) in [7, 11) is 0. The van der Waals surface area contributed by atoms with Gasteiger partial charge in [0.15, 0.2) is 0 Å². The van der Waals surface area contributed by atoms with E-state index in [9.17, 15) is 14.4 Å². The van der Waals surface area contributed by atoms with Gasteiger partial charge in [-0.15, -0.1) is 0 Å². The molecule has 1 heterocycles. The van der Waals surface area contributed by atoms with Crippen molar-refractivity contribution in [3.63, 3.8) is 0 Å². The van der Waals surface area contributed by atoms with Gasteiger partial charge in [0.05, 0.1) is 19.1 Å². The molecule has 2 amide bonds. The van der Waals surface area contributed by atoms with Gasteiger partial charge >= 0.3 is 5.97 Å². The molecule has 18 heavy (non-hydrogen) atoms. The van der Waals surface area contributed by atoms with Crippen LogP contribution in [0.3, 0.4) is 0 Å². The molecule has 0 aromatic heterocycles. The summed E-state index contributed by atoms with van der Waals surface area (Å²) in [6.07, 6.45) is 1.94. The number of imide groups is 1. The maximum absolute atomic E-state index is 12.0. The molecule has 2 aliphatic rings. The zero-order valence-electron chi connectivity index (χ0n) is 10.6. The summed E-state index contributed by atoms with van der Waals surface area (Å²) in [5, 5.41) is 2.87. The highest BCUT2D eigenvalue weighted by Crippen LogP contribution is 2.31. The van der Waals surface area contributed by atoms with Gasteiger partial charge in [-0.3, -0.25) is 24.6 Å². The molecular weight excluding hydrogens is 236 g/mol. The topological polar surface area (TPSA) is 75.7 Å². The van der Waals surface area contributed by atoms with E-state index in [-0.39, 0.29) is 24.3 Å². The van der Waals surface area contributed by atoms with Gasteiger partial charge in [-0.2, -0.15) is 0 Å². The normalized spacial score (nSPS) is 25.4. The number of likely N-dealkylation sites (tertiary alicyclic amines) is 1. The first-order valence-corrected chi connectivity index (χ1v) is 6.33. The lowest BCUT2D eigenvalue weighted by atomic mass is 10.2. The third kappa shape index (κ3) is 2.53. The molecule has 6 nitrogen and oxygen atoms in total. The van der Waals surface area contributed by atoms with Gasteiger partial charge < -0.3 is 4.74 Å². The Morgan fingerprint density at radius 1 is 1.50 bits per heavy atom. The van der Waals surface area contributed by atoms with E-state index < -0.39 is 18.1 Å². The summed E-state index contributed by atoms with van der Waals surface area (Å²) >= 11 is 0. The molecule has 0 radical (unpaired) electrons. The van der Waals surface area contributed by atoms with Crippen molar-refractivity contribution >= 4 is 17.8 Å². The Labute approximate surface area is 106 Å². The predicted octanol–water partition coefficient (Wildman–Crippen LogP) is -0.182. The zero-order valence-corrected chi connectivity index (χ0v) is 10.6. The molecule has 0 aromatic carbocycles. The Hall–Kier alpha value is -1.43. The Morgan fingerprint density at radius 3 is 2.72 bits per heavy atom. The highest BCUT2D eigenvalue weighted by molar-refractivity contribution is 6.06. The Kier molecular flexibility index (Phi) is 3.65. The van der Waals surface area contributed by atoms with Crippen molar-refractivity contribution in [3.8, 4) is 0 Å². The first-order chi connectivity index (χ1) is 8.54. The molecule has 0 aromatic rings. The molecule has 100 valence electrons. The minimum Gasteiger partial charge on any atom is -0.465 e. The summed E-state index contributed by atoms with van der Waals surface area (Å²) in [6.45, 7) is 3.66. The van der Waals surface area contributed by atoms with Crippen molar-refractivity contribution in [3.05, 3.63) is 0 Å². The molecule has 2 unspecified atom stereocenters. The molecule has 2 rings (SSSR count). The number of hydrogen-bond donors (Lipinski definition) is 1. The number of ether oxygens (including phenoxy) is 1. The lowest BCUT2D eigenvalue weighted by Crippen LogP contribution is -2.46. The van der Waals surface area contributed by atoms with Crippen molar-refractivity contribution in [1.29, 1.82) is 0 Å². The van der Waals surface area contributed by atoms with Gasteiger partial charge in [-0.1, -0.05) is 0 Å². The Morgan fingerprint density at radius 2 is 2.17 bits per heavy atom. The van der Waals surface area contributed by atoms with Crippen LogP contribution in [-0.4, -0.2) is 47.4 Å². The van der Waals surface area contributed by atoms with E-state index in [4.69, 9.17) is 4.74 Å². The van der Waals surface area contributed by atoms with Crippen molar-refractivity contribution < 1.29 is 19.1 Å². The van der Waals surface area contributed by atoms with Gasteiger partial charge in [-0.05, 0) is 26.7 Å². The van der Waals surface area contributed by atoms with Crippen molar-refractivity contribution in [2.75, 3.05) is 6.61 Å². The quantitative estimate of drug-likeness (QED) is 0.544. The van der Waals surface area contributed by atoms with Gasteiger partial charge in [0, 0.05) is 6.04 Å². The fraction of sp³-hybridized carbons (Fsp3) is 0.750. The number of nitrogens with one attached hydrogen (secondary N) is 1. The highest BCUT2D eigenvalue weighted by Gasteiger charge is 2.46. The SMILES string of the molecule is CCOC(=O)C(C)NC1CC(=O)N(C2CC2)C1=O. The van der Waals surface area contributed by atoms with Gasteiger partial charge in [0.25, 0.3) is 0 Å². The molecule has 1 aliphatic heterocycles. The van der Waals surface area contributed by atoms with Crippen LogP contribution in [0.15, 0.2) is 0 Å². The van der Waals surface area contributed by atoms with Crippen LogP contribution >= 0.6 is 0 Å². The van der Waals surface area contributed by atoms with Crippen LogP contribution in [0.2, 0.25) is 0 Å². The van der Waals surface area contributed by atoms with Crippen LogP contribution in [0, 0.1) is 0 Å². The van der Waals surface area contributed by atoms with E-state index in [2.05, 4.69) is 5.32 Å². The van der Waals surface area contributed by atoms with Crippen LogP contribution in [0.5, 0.6) is 0 Å². The third-order valence-electron chi connectivity index (χ3n) is 3.19. The van der Waals surface area contributed by atoms with Gasteiger partial charge in [-0.25, -0.2) is 0 Å². The molecule has 1 aliphatic carbocycles. The average Bonchev–Trinajstić information content (AvgIpc) is 3.09. The molecule has 2 atom stereocenters. The van der Waals surface area contributed by atoms with Crippen LogP contribution in [0.1, 0.15) is 33.1 Å². The fourth-order valence-electron chi connectivity index (χ4n) is 2.13. The molecule has 1 saturated heterocycles. The summed E-state index contributed by atoms with van der Waals surface area (Å²) < 4.78 is 4.85. The number of rotatable bonds is 5. The minimum atomic E-state index is -0.586. The average molecular weight is 254 g/mol. The number of carbonyl (C=O) groups is 3. The zero-order chi connectivity index (χ0) is 13.3. The maximum atomic E-state index is 12.0. The Bertz CT molecular complexity index is 378. The molecule has 0 bridgehead atoms. The van der Waals surface area contributed by atoms with E-state index in [1.807, 2.05) is 0 Å². The number of esters is 1. The second-order valence-electron chi connectivity index (χ2n) is 4.73. The first kappa shape index (κ1) is 13.0. The van der Waals surface area contributed by atoms with Gasteiger partial charge in [0.2, 0.25) is 11.8 Å². The third-order valence-corrected chi connectivity index (χ3v) is 3.19. The van der Waals surface area contributed by atoms with Gasteiger partial charge in [0.1, 0.15) is 6.04 Å². The lowest BCUT2D eigenvalue weighted by molar-refractivity contribution is -0.145. The molecule has 0 spiro atoms. The van der Waals surface area contributed by atoms with Crippen LogP contribution in [0.25, 0.3) is 0 Å². The second kappa shape index (κ2) is 5.06. The summed E-state index contributed by atoms with van der Waals surface area (Å²) in [5.74, 6) is -0.752. The van der Waals surface area contributed by atoms with Crippen molar-refractivity contribution in [2.45, 2.75) is 51.2 Å². The van der Waals surface area contributed by atoms with E-state index in [1.165, 1.54) is 4.90 Å². The highest BCUT2D eigenvalue weighted by atomic mass is 16.5. The van der Waals surface area contributed by atoms with Crippen molar-refractivity contribution in [1.82, 2.24) is 10.2 Å². The minimum absolute atomic E-state index is 0.0923. The van der Waals surface area contributed by atoms with Crippen LogP contribution in [0.4, 0.5) is 0 Å². The standard InChI is InChI=1S/C12H18N2O4/c1-3-18-12(17)7(2)13-9-6-10(15)14(11(9)16)8-4-5-8/h7-9,13H,3-6H2,1-2H3. The number of carbonyl (C=O) groups excluding carboxylic acids is 3. The number of amides is 2.